The van der Waals surface area contributed by atoms with Gasteiger partial charge in [-0.05, 0) is 6.92 Å². The molecule has 1 aromatic rings. The van der Waals surface area contributed by atoms with Gasteiger partial charge < -0.3 is 10.6 Å². The van der Waals surface area contributed by atoms with E-state index in [-0.39, 0.29) is 11.4 Å². The fraction of sp³-hybridized carbons (Fsp3) is 0.455. The van der Waals surface area contributed by atoms with Crippen molar-refractivity contribution in [1.82, 2.24) is 10.3 Å². The molecule has 1 rings (SSSR count). The van der Waals surface area contributed by atoms with Crippen molar-refractivity contribution in [1.29, 1.82) is 0 Å². The van der Waals surface area contributed by atoms with Crippen LogP contribution in [0.5, 0.6) is 0 Å². The Morgan fingerprint density at radius 1 is 1.52 bits per heavy atom. The van der Waals surface area contributed by atoms with Gasteiger partial charge in [0.2, 0.25) is 0 Å². The third-order valence-electron chi connectivity index (χ3n) is 2.50. The topological polar surface area (TPSA) is 97.2 Å². The van der Waals surface area contributed by atoms with Crippen molar-refractivity contribution in [3.8, 4) is 0 Å². The van der Waals surface area contributed by atoms with Crippen molar-refractivity contribution in [3.05, 3.63) is 27.9 Å². The largest absolute Gasteiger partial charge is 0.391 e. The number of carbonyl (C=O) groups excluding carboxylic acids is 1. The molecular weight excluding hydrogens is 293 g/mol. The highest BCUT2D eigenvalue weighted by Gasteiger charge is 2.31. The summed E-state index contributed by atoms with van der Waals surface area (Å²) in [5, 5.41) is 15.5. The van der Waals surface area contributed by atoms with Crippen LogP contribution in [0.3, 0.4) is 0 Å². The molecule has 0 radical (unpaired) electrons. The second kappa shape index (κ2) is 6.37. The van der Waals surface area contributed by atoms with Gasteiger partial charge in [0.15, 0.2) is 0 Å². The Morgan fingerprint density at radius 2 is 2.14 bits per heavy atom. The smallest absolute Gasteiger partial charge is 0.373 e. The van der Waals surface area contributed by atoms with Crippen molar-refractivity contribution in [2.75, 3.05) is 12.4 Å². The minimum absolute atomic E-state index is 0.189. The lowest BCUT2D eigenvalue weighted by atomic mass is 10.1. The number of anilines is 1. The van der Waals surface area contributed by atoms with Gasteiger partial charge in [-0.2, -0.15) is 13.2 Å². The minimum atomic E-state index is -4.44. The van der Waals surface area contributed by atoms with Crippen LogP contribution in [0.4, 0.5) is 24.7 Å². The number of halogens is 3. The predicted molar refractivity (Wildman–Crippen MR) is 68.0 cm³/mol. The molecule has 1 amide bonds. The van der Waals surface area contributed by atoms with Crippen LogP contribution in [0.15, 0.2) is 12.3 Å². The van der Waals surface area contributed by atoms with E-state index in [0.29, 0.717) is 0 Å². The Balaban J connectivity index is 2.98. The Kier molecular flexibility index (Phi) is 5.06. The molecule has 10 heteroatoms. The Morgan fingerprint density at radius 3 is 2.62 bits per heavy atom. The monoisotopic (exact) mass is 306 g/mol. The maximum absolute atomic E-state index is 12.2. The van der Waals surface area contributed by atoms with Crippen LogP contribution in [0.1, 0.15) is 23.7 Å². The van der Waals surface area contributed by atoms with E-state index in [2.05, 4.69) is 15.6 Å². The maximum Gasteiger partial charge on any atom is 0.391 e. The number of pyridine rings is 1. The molecule has 0 aliphatic heterocycles. The van der Waals surface area contributed by atoms with Crippen molar-refractivity contribution < 1.29 is 22.9 Å². The summed E-state index contributed by atoms with van der Waals surface area (Å²) in [6.45, 7) is 1.16. The second-order valence-corrected chi connectivity index (χ2v) is 4.29. The van der Waals surface area contributed by atoms with Crippen LogP contribution >= 0.6 is 0 Å². The van der Waals surface area contributed by atoms with Gasteiger partial charge in [0.05, 0.1) is 11.3 Å². The SMILES string of the molecule is CNc1cc(C(=O)NC(C)CC(F)(F)F)c([N+](=O)[O-])cn1. The van der Waals surface area contributed by atoms with E-state index in [0.717, 1.165) is 19.2 Å². The van der Waals surface area contributed by atoms with E-state index in [9.17, 15) is 28.1 Å². The lowest BCUT2D eigenvalue weighted by molar-refractivity contribution is -0.385. The highest BCUT2D eigenvalue weighted by atomic mass is 19.4. The third-order valence-corrected chi connectivity index (χ3v) is 2.50. The van der Waals surface area contributed by atoms with Gasteiger partial charge in [0.25, 0.3) is 11.6 Å². The fourth-order valence-corrected chi connectivity index (χ4v) is 1.61. The first-order valence-corrected chi connectivity index (χ1v) is 5.84. The normalized spacial score (nSPS) is 12.6. The molecule has 0 saturated carbocycles. The molecule has 116 valence electrons. The lowest BCUT2D eigenvalue weighted by Gasteiger charge is -2.16. The van der Waals surface area contributed by atoms with E-state index >= 15 is 0 Å². The highest BCUT2D eigenvalue weighted by Crippen LogP contribution is 2.23. The van der Waals surface area contributed by atoms with Crippen LogP contribution in [0.2, 0.25) is 0 Å². The molecule has 1 atom stereocenters. The molecule has 0 fully saturated rings. The number of nitrogens with one attached hydrogen (secondary N) is 2. The van der Waals surface area contributed by atoms with Gasteiger partial charge >= 0.3 is 6.18 Å². The van der Waals surface area contributed by atoms with E-state index in [1.165, 1.54) is 7.05 Å². The van der Waals surface area contributed by atoms with Gasteiger partial charge in [0.1, 0.15) is 17.6 Å². The van der Waals surface area contributed by atoms with Crippen molar-refractivity contribution in [2.24, 2.45) is 0 Å². The van der Waals surface area contributed by atoms with Crippen LogP contribution in [-0.4, -0.2) is 35.1 Å². The molecule has 0 aliphatic carbocycles. The number of hydrogen-bond acceptors (Lipinski definition) is 5. The summed E-state index contributed by atoms with van der Waals surface area (Å²) in [4.78, 5) is 25.6. The second-order valence-electron chi connectivity index (χ2n) is 4.29. The standard InChI is InChI=1S/C11H13F3N4O3/c1-6(4-11(12,13)14)17-10(19)7-3-9(15-2)16-5-8(7)18(20)21/h3,5-6H,4H2,1-2H3,(H,15,16)(H,17,19). The Labute approximate surface area is 117 Å². The molecule has 0 bridgehead atoms. The molecule has 7 nitrogen and oxygen atoms in total. The summed E-state index contributed by atoms with van der Waals surface area (Å²) in [7, 11) is 1.49. The molecule has 0 spiro atoms. The maximum atomic E-state index is 12.2. The molecule has 0 aromatic carbocycles. The average Bonchev–Trinajstić information content (AvgIpc) is 2.35. The van der Waals surface area contributed by atoms with E-state index in [4.69, 9.17) is 0 Å². The zero-order valence-corrected chi connectivity index (χ0v) is 11.2. The number of alkyl halides is 3. The van der Waals surface area contributed by atoms with Crippen molar-refractivity contribution in [3.63, 3.8) is 0 Å². The van der Waals surface area contributed by atoms with Crippen molar-refractivity contribution >= 4 is 17.4 Å². The third kappa shape index (κ3) is 4.89. The summed E-state index contributed by atoms with van der Waals surface area (Å²) < 4.78 is 36.6. The first-order chi connectivity index (χ1) is 9.64. The quantitative estimate of drug-likeness (QED) is 0.641. The molecule has 1 heterocycles. The van der Waals surface area contributed by atoms with Crippen LogP contribution in [0, 0.1) is 10.1 Å². The highest BCUT2D eigenvalue weighted by molar-refractivity contribution is 5.98. The van der Waals surface area contributed by atoms with Gasteiger partial charge in [-0.1, -0.05) is 0 Å². The van der Waals surface area contributed by atoms with Gasteiger partial charge in [-0.25, -0.2) is 4.98 Å². The molecule has 0 saturated heterocycles. The molecule has 1 aromatic heterocycles. The first-order valence-electron chi connectivity index (χ1n) is 5.84. The first kappa shape index (κ1) is 16.7. The average molecular weight is 306 g/mol. The van der Waals surface area contributed by atoms with E-state index in [1.54, 1.807) is 0 Å². The number of rotatable bonds is 5. The zero-order valence-electron chi connectivity index (χ0n) is 11.2. The summed E-state index contributed by atoms with van der Waals surface area (Å²) >= 11 is 0. The molecule has 0 aliphatic rings. The summed E-state index contributed by atoms with van der Waals surface area (Å²) in [6, 6.07) is -0.100. The summed E-state index contributed by atoms with van der Waals surface area (Å²) in [5.74, 6) is -0.772. The summed E-state index contributed by atoms with van der Waals surface area (Å²) in [5.41, 5.74) is -0.931. The van der Waals surface area contributed by atoms with Crippen LogP contribution in [-0.2, 0) is 0 Å². The fourth-order valence-electron chi connectivity index (χ4n) is 1.61. The number of aromatic nitrogens is 1. The molecule has 2 N–H and O–H groups in total. The van der Waals surface area contributed by atoms with Crippen LogP contribution < -0.4 is 10.6 Å². The number of hydrogen-bond donors (Lipinski definition) is 2. The zero-order chi connectivity index (χ0) is 16.2. The van der Waals surface area contributed by atoms with Gasteiger partial charge in [-0.15, -0.1) is 0 Å². The van der Waals surface area contributed by atoms with Gasteiger partial charge in [0, 0.05) is 19.2 Å². The Hall–Kier alpha value is -2.39. The minimum Gasteiger partial charge on any atom is -0.373 e. The summed E-state index contributed by atoms with van der Waals surface area (Å²) in [6.07, 6.45) is -4.79. The predicted octanol–water partition coefficient (Wildman–Crippen LogP) is 2.10. The van der Waals surface area contributed by atoms with Gasteiger partial charge in [-0.3, -0.25) is 14.9 Å². The molecule has 1 unspecified atom stereocenters. The molecule has 21 heavy (non-hydrogen) atoms. The Bertz CT molecular complexity index is 548. The lowest BCUT2D eigenvalue weighted by Crippen LogP contribution is -2.36. The number of nitrogens with zero attached hydrogens (tertiary/aromatic N) is 2. The van der Waals surface area contributed by atoms with Crippen molar-refractivity contribution in [2.45, 2.75) is 25.6 Å². The van der Waals surface area contributed by atoms with E-state index in [1.807, 2.05) is 0 Å². The van der Waals surface area contributed by atoms with Crippen LogP contribution in [0.25, 0.3) is 0 Å². The number of carbonyl (C=O) groups is 1. The number of nitro groups is 1. The molecular formula is C11H13F3N4O3. The van der Waals surface area contributed by atoms with E-state index < -0.39 is 35.2 Å². The number of amides is 1.